The van der Waals surface area contributed by atoms with Crippen LogP contribution in [-0.2, 0) is 10.0 Å². The van der Waals surface area contributed by atoms with Gasteiger partial charge in [0, 0.05) is 47.7 Å². The molecule has 176 valence electrons. The molecule has 1 aliphatic heterocycles. The van der Waals surface area contributed by atoms with Crippen LogP contribution < -0.4 is 10.5 Å². The van der Waals surface area contributed by atoms with Crippen molar-refractivity contribution in [2.24, 2.45) is 0 Å². The van der Waals surface area contributed by atoms with Crippen LogP contribution in [0.5, 0.6) is 11.6 Å². The van der Waals surface area contributed by atoms with E-state index in [0.717, 1.165) is 9.87 Å². The maximum atomic E-state index is 13.3. The summed E-state index contributed by atoms with van der Waals surface area (Å²) in [6.07, 6.45) is 1.57. The molecule has 1 unspecified atom stereocenters. The topological polar surface area (TPSA) is 125 Å². The summed E-state index contributed by atoms with van der Waals surface area (Å²) in [6.45, 7) is 0. The number of nitriles is 1. The molecule has 0 amide bonds. The van der Waals surface area contributed by atoms with E-state index >= 15 is 0 Å². The van der Waals surface area contributed by atoms with Gasteiger partial charge in [0.25, 0.3) is 0 Å². The first kappa shape index (κ1) is 23.3. The SMILES string of the molecule is CN(C)S(=O)(=O)c1cc2c(c3ncccc13)Oc1[nH]c(=S)c(C#N)c(N)c1C2c1ccc(Cl)cc1. The van der Waals surface area contributed by atoms with E-state index in [1.54, 1.807) is 36.5 Å². The number of hydrogen-bond donors (Lipinski definition) is 2. The normalized spacial score (nSPS) is 14.8. The highest BCUT2D eigenvalue weighted by Gasteiger charge is 2.36. The van der Waals surface area contributed by atoms with Gasteiger partial charge in [-0.3, -0.25) is 4.98 Å². The van der Waals surface area contributed by atoms with Gasteiger partial charge < -0.3 is 15.5 Å². The highest BCUT2D eigenvalue weighted by Crippen LogP contribution is 2.52. The number of nitrogens with zero attached hydrogens (tertiary/aromatic N) is 3. The Kier molecular flexibility index (Phi) is 5.53. The third-order valence-corrected chi connectivity index (χ3v) is 8.39. The van der Waals surface area contributed by atoms with Crippen LogP contribution in [0, 0.1) is 16.0 Å². The van der Waals surface area contributed by atoms with Gasteiger partial charge in [0.15, 0.2) is 5.75 Å². The zero-order valence-corrected chi connectivity index (χ0v) is 20.9. The van der Waals surface area contributed by atoms with Crippen molar-refractivity contribution in [3.05, 3.63) is 80.6 Å². The van der Waals surface area contributed by atoms with Gasteiger partial charge in [0.2, 0.25) is 15.9 Å². The predicted octanol–water partition coefficient (Wildman–Crippen LogP) is 4.94. The number of rotatable bonds is 3. The van der Waals surface area contributed by atoms with Crippen molar-refractivity contribution in [1.82, 2.24) is 14.3 Å². The lowest BCUT2D eigenvalue weighted by molar-refractivity contribution is 0.437. The van der Waals surface area contributed by atoms with Crippen molar-refractivity contribution in [1.29, 1.82) is 5.26 Å². The van der Waals surface area contributed by atoms with E-state index in [-0.39, 0.29) is 26.7 Å². The second kappa shape index (κ2) is 8.32. The Balaban J connectivity index is 1.95. The number of H-pyrrole nitrogens is 1. The lowest BCUT2D eigenvalue weighted by Crippen LogP contribution is -2.24. The van der Waals surface area contributed by atoms with Crippen LogP contribution in [-0.4, -0.2) is 36.8 Å². The molecule has 0 saturated heterocycles. The second-order valence-corrected chi connectivity index (χ2v) is 11.1. The van der Waals surface area contributed by atoms with Crippen LogP contribution in [0.1, 0.15) is 28.2 Å². The highest BCUT2D eigenvalue weighted by molar-refractivity contribution is 7.89. The van der Waals surface area contributed by atoms with Gasteiger partial charge in [0.1, 0.15) is 21.8 Å². The van der Waals surface area contributed by atoms with Crippen LogP contribution >= 0.6 is 23.8 Å². The first-order valence-corrected chi connectivity index (χ1v) is 12.6. The van der Waals surface area contributed by atoms with E-state index in [2.05, 4.69) is 9.97 Å². The van der Waals surface area contributed by atoms with Crippen LogP contribution in [0.4, 0.5) is 5.69 Å². The maximum absolute atomic E-state index is 13.3. The summed E-state index contributed by atoms with van der Waals surface area (Å²) < 4.78 is 34.2. The fourth-order valence-corrected chi connectivity index (χ4v) is 5.77. The third kappa shape index (κ3) is 3.56. The van der Waals surface area contributed by atoms with Crippen molar-refractivity contribution < 1.29 is 13.2 Å². The molecule has 3 N–H and O–H groups in total. The minimum absolute atomic E-state index is 0.0818. The van der Waals surface area contributed by atoms with E-state index < -0.39 is 15.9 Å². The molecule has 3 heterocycles. The number of pyridine rings is 2. The molecule has 1 aliphatic rings. The monoisotopic (exact) mass is 523 g/mol. The summed E-state index contributed by atoms with van der Waals surface area (Å²) in [5.41, 5.74) is 8.89. The third-order valence-electron chi connectivity index (χ3n) is 5.97. The number of hydrogen-bond acceptors (Lipinski definition) is 7. The first-order valence-electron chi connectivity index (χ1n) is 10.4. The number of nitrogens with one attached hydrogen (secondary N) is 1. The molecule has 0 spiro atoms. The Morgan fingerprint density at radius 2 is 1.97 bits per heavy atom. The minimum atomic E-state index is -3.85. The second-order valence-electron chi connectivity index (χ2n) is 8.16. The minimum Gasteiger partial charge on any atom is -0.438 e. The van der Waals surface area contributed by atoms with Crippen LogP contribution in [0.15, 0.2) is 53.6 Å². The highest BCUT2D eigenvalue weighted by atomic mass is 35.5. The fraction of sp³-hybridized carbons (Fsp3) is 0.125. The van der Waals surface area contributed by atoms with E-state index in [0.29, 0.717) is 32.8 Å². The van der Waals surface area contributed by atoms with Crippen molar-refractivity contribution in [3.8, 4) is 17.7 Å². The molecule has 8 nitrogen and oxygen atoms in total. The number of ether oxygens (including phenoxy) is 1. The molecule has 4 aromatic rings. The molecule has 0 radical (unpaired) electrons. The lowest BCUT2D eigenvalue weighted by Gasteiger charge is -2.31. The van der Waals surface area contributed by atoms with Gasteiger partial charge in [-0.1, -0.05) is 36.0 Å². The van der Waals surface area contributed by atoms with Gasteiger partial charge in [-0.05, 0) is 35.9 Å². The van der Waals surface area contributed by atoms with Crippen LogP contribution in [0.25, 0.3) is 10.9 Å². The van der Waals surface area contributed by atoms with Crippen LogP contribution in [0.2, 0.25) is 5.02 Å². The van der Waals surface area contributed by atoms with Crippen molar-refractivity contribution >= 4 is 50.4 Å². The van der Waals surface area contributed by atoms with Gasteiger partial charge >= 0.3 is 0 Å². The molecular formula is C24H18ClN5O3S2. The average molecular weight is 524 g/mol. The van der Waals surface area contributed by atoms with Crippen LogP contribution in [0.3, 0.4) is 0 Å². The Morgan fingerprint density at radius 1 is 1.26 bits per heavy atom. The first-order chi connectivity index (χ1) is 16.6. The summed E-state index contributed by atoms with van der Waals surface area (Å²) in [5, 5.41) is 10.6. The zero-order chi connectivity index (χ0) is 25.1. The summed E-state index contributed by atoms with van der Waals surface area (Å²) in [5.74, 6) is 0.0575. The molecule has 1 atom stereocenters. The summed E-state index contributed by atoms with van der Waals surface area (Å²) >= 11 is 11.5. The Bertz CT molecular complexity index is 1730. The molecule has 2 aromatic heterocycles. The molecule has 5 rings (SSSR count). The molecule has 0 bridgehead atoms. The number of nitrogens with two attached hydrogens (primary N) is 1. The number of aromatic nitrogens is 2. The molecule has 0 saturated carbocycles. The van der Waals surface area contributed by atoms with Crippen molar-refractivity contribution in [3.63, 3.8) is 0 Å². The van der Waals surface area contributed by atoms with Gasteiger partial charge in [0.05, 0.1) is 10.6 Å². The molecule has 35 heavy (non-hydrogen) atoms. The Hall–Kier alpha value is -3.49. The van der Waals surface area contributed by atoms with Gasteiger partial charge in [-0.2, -0.15) is 5.26 Å². The summed E-state index contributed by atoms with van der Waals surface area (Å²) in [4.78, 5) is 7.53. The number of aromatic amines is 1. The number of halogens is 1. The molecule has 0 fully saturated rings. The van der Waals surface area contributed by atoms with E-state index in [1.807, 2.05) is 18.2 Å². The number of anilines is 1. The van der Waals surface area contributed by atoms with Crippen molar-refractivity contribution in [2.75, 3.05) is 19.8 Å². The Morgan fingerprint density at radius 3 is 2.63 bits per heavy atom. The quantitative estimate of drug-likeness (QED) is 0.321. The number of fused-ring (bicyclic) bond motifs is 4. The van der Waals surface area contributed by atoms with E-state index in [1.165, 1.54) is 14.1 Å². The molecule has 2 aromatic carbocycles. The van der Waals surface area contributed by atoms with Gasteiger partial charge in [-0.15, -0.1) is 0 Å². The number of benzene rings is 2. The predicted molar refractivity (Wildman–Crippen MR) is 136 cm³/mol. The fourth-order valence-electron chi connectivity index (χ4n) is 4.29. The lowest BCUT2D eigenvalue weighted by atomic mass is 9.82. The van der Waals surface area contributed by atoms with Gasteiger partial charge in [-0.25, -0.2) is 12.7 Å². The number of sulfonamides is 1. The molecule has 0 aliphatic carbocycles. The average Bonchev–Trinajstić information content (AvgIpc) is 2.83. The summed E-state index contributed by atoms with van der Waals surface area (Å²) in [6, 6.07) is 14.1. The van der Waals surface area contributed by atoms with E-state index in [4.69, 9.17) is 34.3 Å². The smallest absolute Gasteiger partial charge is 0.243 e. The Labute approximate surface area is 211 Å². The zero-order valence-electron chi connectivity index (χ0n) is 18.5. The maximum Gasteiger partial charge on any atom is 0.243 e. The van der Waals surface area contributed by atoms with Crippen molar-refractivity contribution in [2.45, 2.75) is 10.8 Å². The molecular weight excluding hydrogens is 506 g/mol. The summed E-state index contributed by atoms with van der Waals surface area (Å²) in [7, 11) is -0.910. The number of nitrogen functional groups attached to an aromatic ring is 1. The standard InChI is InChI=1S/C24H18ClN5O3S2/c1-30(2)35(31,32)17-10-15-18(12-5-7-13(25)8-6-12)19-20(27)16(11-26)24(34)29-23(19)33-22(15)21-14(17)4-3-9-28-21/h3-10,18H,1-2H3,(H3,27,29,34). The largest absolute Gasteiger partial charge is 0.438 e. The molecule has 11 heteroatoms. The van der Waals surface area contributed by atoms with E-state index in [9.17, 15) is 13.7 Å².